The molecule has 1 aliphatic rings. The van der Waals surface area contributed by atoms with E-state index in [1.165, 1.54) is 0 Å². The Kier molecular flexibility index (Phi) is 7.27. The van der Waals surface area contributed by atoms with E-state index in [2.05, 4.69) is 27.5 Å². The molecule has 0 atom stereocenters. The Hall–Kier alpha value is -1.37. The molecule has 1 saturated heterocycles. The van der Waals surface area contributed by atoms with Gasteiger partial charge in [0.2, 0.25) is 5.91 Å². The first-order chi connectivity index (χ1) is 11.5. The molecule has 2 rings (SSSR count). The van der Waals surface area contributed by atoms with Crippen LogP contribution in [0.4, 0.5) is 11.4 Å². The number of likely N-dealkylation sites (N-methyl/N-ethyl adjacent to an activating group) is 1. The smallest absolute Gasteiger partial charge is 0.226 e. The predicted octanol–water partition coefficient (Wildman–Crippen LogP) is 3.10. The van der Waals surface area contributed by atoms with Crippen molar-refractivity contribution in [2.45, 2.75) is 26.2 Å². The van der Waals surface area contributed by atoms with Crippen molar-refractivity contribution in [2.75, 3.05) is 43.4 Å². The molecule has 0 aliphatic carbocycles. The van der Waals surface area contributed by atoms with Gasteiger partial charge < -0.3 is 20.4 Å². The van der Waals surface area contributed by atoms with Gasteiger partial charge >= 0.3 is 0 Å². The van der Waals surface area contributed by atoms with Gasteiger partial charge in [0.25, 0.3) is 0 Å². The van der Waals surface area contributed by atoms with Gasteiger partial charge in [-0.3, -0.25) is 4.79 Å². The number of hydrogen-bond acceptors (Lipinski definition) is 4. The van der Waals surface area contributed by atoms with Gasteiger partial charge in [-0.05, 0) is 43.9 Å². The van der Waals surface area contributed by atoms with E-state index in [0.717, 1.165) is 50.4 Å². The lowest BCUT2D eigenvalue weighted by atomic mass is 10.2. The SMILES string of the molecule is CCCCC(=O)NC(=S)Nc1ccc(N2CCN(C)CC2)c(Cl)c1. The zero-order valence-electron chi connectivity index (χ0n) is 14.3. The van der Waals surface area contributed by atoms with E-state index in [-0.39, 0.29) is 5.91 Å². The van der Waals surface area contributed by atoms with Gasteiger partial charge in [0, 0.05) is 38.3 Å². The van der Waals surface area contributed by atoms with Crippen LogP contribution in [0, 0.1) is 0 Å². The van der Waals surface area contributed by atoms with Crippen LogP contribution in [0.25, 0.3) is 0 Å². The number of unbranched alkanes of at least 4 members (excludes halogenated alkanes) is 1. The van der Waals surface area contributed by atoms with Gasteiger partial charge in [0.15, 0.2) is 5.11 Å². The van der Waals surface area contributed by atoms with Gasteiger partial charge in [-0.15, -0.1) is 0 Å². The van der Waals surface area contributed by atoms with Crippen molar-refractivity contribution in [3.05, 3.63) is 23.2 Å². The highest BCUT2D eigenvalue weighted by atomic mass is 35.5. The molecule has 1 heterocycles. The zero-order chi connectivity index (χ0) is 17.5. The van der Waals surface area contributed by atoms with E-state index in [1.54, 1.807) is 0 Å². The summed E-state index contributed by atoms with van der Waals surface area (Å²) in [6.45, 7) is 6.05. The lowest BCUT2D eigenvalue weighted by Gasteiger charge is -2.34. The van der Waals surface area contributed by atoms with Crippen molar-refractivity contribution in [2.24, 2.45) is 0 Å². The molecule has 2 N–H and O–H groups in total. The lowest BCUT2D eigenvalue weighted by Crippen LogP contribution is -2.44. The molecular formula is C17H25ClN4OS. The van der Waals surface area contributed by atoms with Crippen LogP contribution in [-0.4, -0.2) is 49.1 Å². The number of benzene rings is 1. The summed E-state index contributed by atoms with van der Waals surface area (Å²) in [6, 6.07) is 5.78. The van der Waals surface area contributed by atoms with E-state index in [9.17, 15) is 4.79 Å². The van der Waals surface area contributed by atoms with Crippen molar-refractivity contribution >= 4 is 46.2 Å². The van der Waals surface area contributed by atoms with Crippen LogP contribution in [-0.2, 0) is 4.79 Å². The summed E-state index contributed by atoms with van der Waals surface area (Å²) in [4.78, 5) is 16.3. The molecule has 5 nitrogen and oxygen atoms in total. The fourth-order valence-corrected chi connectivity index (χ4v) is 3.11. The topological polar surface area (TPSA) is 47.6 Å². The summed E-state index contributed by atoms with van der Waals surface area (Å²) >= 11 is 11.6. The van der Waals surface area contributed by atoms with Crippen LogP contribution in [0.2, 0.25) is 5.02 Å². The number of halogens is 1. The number of thiocarbonyl (C=S) groups is 1. The maximum Gasteiger partial charge on any atom is 0.226 e. The normalized spacial score (nSPS) is 15.2. The van der Waals surface area contributed by atoms with Crippen molar-refractivity contribution < 1.29 is 4.79 Å². The minimum Gasteiger partial charge on any atom is -0.368 e. The molecule has 132 valence electrons. The molecule has 0 saturated carbocycles. The van der Waals surface area contributed by atoms with Gasteiger partial charge in [0.05, 0.1) is 10.7 Å². The second kappa shape index (κ2) is 9.20. The highest BCUT2D eigenvalue weighted by Crippen LogP contribution is 2.29. The quantitative estimate of drug-likeness (QED) is 0.782. The Labute approximate surface area is 154 Å². The number of rotatable bonds is 5. The third kappa shape index (κ3) is 5.61. The molecule has 1 aromatic carbocycles. The van der Waals surface area contributed by atoms with E-state index in [0.29, 0.717) is 16.6 Å². The molecule has 0 spiro atoms. The van der Waals surface area contributed by atoms with E-state index in [4.69, 9.17) is 23.8 Å². The minimum atomic E-state index is -0.0606. The van der Waals surface area contributed by atoms with Gasteiger partial charge in [-0.1, -0.05) is 24.9 Å². The Morgan fingerprint density at radius 1 is 1.29 bits per heavy atom. The highest BCUT2D eigenvalue weighted by molar-refractivity contribution is 7.80. The van der Waals surface area contributed by atoms with Crippen LogP contribution in [0.5, 0.6) is 0 Å². The van der Waals surface area contributed by atoms with Crippen LogP contribution in [0.3, 0.4) is 0 Å². The number of carbonyl (C=O) groups is 1. The second-order valence-electron chi connectivity index (χ2n) is 6.06. The summed E-state index contributed by atoms with van der Waals surface area (Å²) in [6.07, 6.45) is 2.33. The van der Waals surface area contributed by atoms with Crippen molar-refractivity contribution in [1.29, 1.82) is 0 Å². The Morgan fingerprint density at radius 3 is 2.62 bits per heavy atom. The lowest BCUT2D eigenvalue weighted by molar-refractivity contribution is -0.119. The van der Waals surface area contributed by atoms with Crippen LogP contribution in [0.15, 0.2) is 18.2 Å². The number of hydrogen-bond donors (Lipinski definition) is 2. The Morgan fingerprint density at radius 2 is 2.00 bits per heavy atom. The third-order valence-electron chi connectivity index (χ3n) is 4.06. The van der Waals surface area contributed by atoms with Crippen molar-refractivity contribution in [3.63, 3.8) is 0 Å². The molecule has 0 unspecified atom stereocenters. The minimum absolute atomic E-state index is 0.0606. The summed E-state index contributed by atoms with van der Waals surface area (Å²) < 4.78 is 0. The first-order valence-electron chi connectivity index (χ1n) is 8.33. The van der Waals surface area contributed by atoms with Crippen LogP contribution < -0.4 is 15.5 Å². The molecule has 1 aliphatic heterocycles. The van der Waals surface area contributed by atoms with Crippen molar-refractivity contribution in [1.82, 2.24) is 10.2 Å². The molecule has 0 radical (unpaired) electrons. The molecule has 1 fully saturated rings. The fourth-order valence-electron chi connectivity index (χ4n) is 2.58. The Bertz CT molecular complexity index is 588. The highest BCUT2D eigenvalue weighted by Gasteiger charge is 2.16. The number of piperazine rings is 1. The van der Waals surface area contributed by atoms with Crippen molar-refractivity contribution in [3.8, 4) is 0 Å². The number of nitrogens with zero attached hydrogens (tertiary/aromatic N) is 2. The zero-order valence-corrected chi connectivity index (χ0v) is 15.8. The summed E-state index contributed by atoms with van der Waals surface area (Å²) in [5.41, 5.74) is 1.81. The van der Waals surface area contributed by atoms with Gasteiger partial charge in [-0.25, -0.2) is 0 Å². The largest absolute Gasteiger partial charge is 0.368 e. The van der Waals surface area contributed by atoms with Gasteiger partial charge in [-0.2, -0.15) is 0 Å². The fraction of sp³-hybridized carbons (Fsp3) is 0.529. The maximum absolute atomic E-state index is 11.7. The van der Waals surface area contributed by atoms with E-state index < -0.39 is 0 Å². The second-order valence-corrected chi connectivity index (χ2v) is 6.88. The van der Waals surface area contributed by atoms with E-state index >= 15 is 0 Å². The number of carbonyl (C=O) groups excluding carboxylic acids is 1. The van der Waals surface area contributed by atoms with Gasteiger partial charge in [0.1, 0.15) is 0 Å². The molecule has 0 bridgehead atoms. The first-order valence-corrected chi connectivity index (χ1v) is 9.12. The average molecular weight is 369 g/mol. The summed E-state index contributed by atoms with van der Waals surface area (Å²) in [7, 11) is 2.13. The number of anilines is 2. The maximum atomic E-state index is 11.7. The third-order valence-corrected chi connectivity index (χ3v) is 4.57. The molecule has 1 amide bonds. The predicted molar refractivity (Wildman–Crippen MR) is 105 cm³/mol. The molecule has 1 aromatic rings. The Balaban J connectivity index is 1.92. The summed E-state index contributed by atoms with van der Waals surface area (Å²) in [5.74, 6) is -0.0606. The first kappa shape index (κ1) is 19.0. The number of amides is 1. The van der Waals surface area contributed by atoms with Crippen LogP contribution in [0.1, 0.15) is 26.2 Å². The molecular weight excluding hydrogens is 344 g/mol. The number of nitrogens with one attached hydrogen (secondary N) is 2. The molecule has 24 heavy (non-hydrogen) atoms. The van der Waals surface area contributed by atoms with E-state index in [1.807, 2.05) is 25.1 Å². The standard InChI is InChI=1S/C17H25ClN4OS/c1-3-4-5-16(23)20-17(24)19-13-6-7-15(14(18)12-13)22-10-8-21(2)9-11-22/h6-7,12H,3-5,8-11H2,1-2H3,(H2,19,20,23,24). The molecule has 7 heteroatoms. The summed E-state index contributed by atoms with van der Waals surface area (Å²) in [5, 5.41) is 6.69. The average Bonchev–Trinajstić information content (AvgIpc) is 2.54. The van der Waals surface area contributed by atoms with Crippen LogP contribution >= 0.6 is 23.8 Å². The monoisotopic (exact) mass is 368 g/mol. The molecule has 0 aromatic heterocycles.